The van der Waals surface area contributed by atoms with Gasteiger partial charge in [-0.15, -0.1) is 0 Å². The van der Waals surface area contributed by atoms with Crippen molar-refractivity contribution in [3.8, 4) is 0 Å². The van der Waals surface area contributed by atoms with Crippen molar-refractivity contribution < 1.29 is 4.74 Å². The predicted molar refractivity (Wildman–Crippen MR) is 148 cm³/mol. The van der Waals surface area contributed by atoms with Gasteiger partial charge in [-0.25, -0.2) is 10.4 Å². The molecule has 0 saturated carbocycles. The third-order valence-corrected chi connectivity index (χ3v) is 7.76. The molecular weight excluding hydrogens is 468 g/mol. The number of hydrazone groups is 1. The Kier molecular flexibility index (Phi) is 6.61. The molecule has 2 aromatic heterocycles. The summed E-state index contributed by atoms with van der Waals surface area (Å²) in [6.07, 6.45) is 5.01. The molecule has 2 aliphatic rings. The average Bonchev–Trinajstić information content (AvgIpc) is 3.27. The molecule has 0 atom stereocenters. The van der Waals surface area contributed by atoms with Crippen LogP contribution in [-0.2, 0) is 23.5 Å². The van der Waals surface area contributed by atoms with Crippen molar-refractivity contribution in [3.05, 3.63) is 82.7 Å². The van der Waals surface area contributed by atoms with Gasteiger partial charge in [-0.3, -0.25) is 0 Å². The maximum absolute atomic E-state index is 5.56. The van der Waals surface area contributed by atoms with Crippen molar-refractivity contribution >= 4 is 40.6 Å². The van der Waals surface area contributed by atoms with Crippen molar-refractivity contribution in [3.63, 3.8) is 0 Å². The Labute approximate surface area is 215 Å². The fraction of sp³-hybridized carbons (Fsp3) is 0.321. The Bertz CT molecular complexity index is 1390. The molecule has 184 valence electrons. The number of fused-ring (bicyclic) bond motifs is 2. The number of hydrogen-bond acceptors (Lipinski definition) is 7. The van der Waals surface area contributed by atoms with E-state index in [9.17, 15) is 0 Å². The first kappa shape index (κ1) is 23.1. The third kappa shape index (κ3) is 4.83. The molecule has 0 radical (unpaired) electrons. The van der Waals surface area contributed by atoms with Gasteiger partial charge < -0.3 is 14.2 Å². The summed E-state index contributed by atoms with van der Waals surface area (Å²) < 4.78 is 7.84. The SMILES string of the molecule is Cc1ccc(Cn2cc(/C=N/Nc3nc4c(c(N5CCOCC5)n3)CSCC4)c3ccccc32)cc1. The van der Waals surface area contributed by atoms with Crippen molar-refractivity contribution in [1.29, 1.82) is 0 Å². The first-order valence-corrected chi connectivity index (χ1v) is 13.6. The zero-order chi connectivity index (χ0) is 24.3. The van der Waals surface area contributed by atoms with Crippen molar-refractivity contribution in [2.45, 2.75) is 25.6 Å². The molecule has 2 aliphatic heterocycles. The highest BCUT2D eigenvalue weighted by Crippen LogP contribution is 2.32. The van der Waals surface area contributed by atoms with Crippen LogP contribution in [0.2, 0.25) is 0 Å². The summed E-state index contributed by atoms with van der Waals surface area (Å²) in [6.45, 7) is 6.12. The second kappa shape index (κ2) is 10.3. The molecule has 0 aliphatic carbocycles. The maximum atomic E-state index is 5.56. The van der Waals surface area contributed by atoms with Crippen LogP contribution in [0.25, 0.3) is 10.9 Å². The van der Waals surface area contributed by atoms with E-state index in [2.05, 4.69) is 81.6 Å². The molecule has 1 saturated heterocycles. The van der Waals surface area contributed by atoms with Crippen LogP contribution in [-0.4, -0.2) is 52.8 Å². The minimum atomic E-state index is 0.557. The van der Waals surface area contributed by atoms with E-state index in [-0.39, 0.29) is 0 Å². The largest absolute Gasteiger partial charge is 0.378 e. The van der Waals surface area contributed by atoms with Gasteiger partial charge in [-0.2, -0.15) is 21.8 Å². The predicted octanol–water partition coefficient (Wildman–Crippen LogP) is 4.86. The summed E-state index contributed by atoms with van der Waals surface area (Å²) >= 11 is 1.95. The summed E-state index contributed by atoms with van der Waals surface area (Å²) in [5.41, 5.74) is 10.3. The summed E-state index contributed by atoms with van der Waals surface area (Å²) in [4.78, 5) is 12.0. The summed E-state index contributed by atoms with van der Waals surface area (Å²) in [5, 5.41) is 5.74. The molecular formula is C28H30N6OS. The standard InChI is InChI=1S/C28H30N6OS/c1-20-6-8-21(9-7-20)17-34-18-22(23-4-2-3-5-26(23)34)16-29-32-28-30-25-10-15-36-19-24(25)27(31-28)33-11-13-35-14-12-33/h2-9,16,18H,10-15,17,19H2,1H3,(H,30,31,32)/b29-16+. The topological polar surface area (TPSA) is 67.6 Å². The normalized spacial score (nSPS) is 16.0. The van der Waals surface area contributed by atoms with E-state index in [1.807, 2.05) is 18.0 Å². The van der Waals surface area contributed by atoms with E-state index in [0.29, 0.717) is 5.95 Å². The van der Waals surface area contributed by atoms with E-state index >= 15 is 0 Å². The number of anilines is 2. The second-order valence-electron chi connectivity index (χ2n) is 9.28. The molecule has 1 fully saturated rings. The number of aryl methyl sites for hydroxylation is 2. The average molecular weight is 499 g/mol. The van der Waals surface area contributed by atoms with Gasteiger partial charge in [0.05, 0.1) is 25.1 Å². The van der Waals surface area contributed by atoms with E-state index < -0.39 is 0 Å². The number of ether oxygens (including phenoxy) is 1. The number of benzene rings is 2. The molecule has 1 N–H and O–H groups in total. The van der Waals surface area contributed by atoms with E-state index in [1.165, 1.54) is 27.6 Å². The number of thioether (sulfide) groups is 1. The van der Waals surface area contributed by atoms with Crippen LogP contribution in [0.5, 0.6) is 0 Å². The van der Waals surface area contributed by atoms with Gasteiger partial charge in [0.2, 0.25) is 5.95 Å². The number of para-hydroxylation sites is 1. The molecule has 4 aromatic rings. The Balaban J connectivity index is 1.26. The Hall–Kier alpha value is -3.36. The number of nitrogens with one attached hydrogen (secondary N) is 1. The molecule has 2 aromatic carbocycles. The first-order chi connectivity index (χ1) is 17.7. The quantitative estimate of drug-likeness (QED) is 0.303. The lowest BCUT2D eigenvalue weighted by Gasteiger charge is -2.31. The number of morpholine rings is 1. The number of aromatic nitrogens is 3. The van der Waals surface area contributed by atoms with Crippen molar-refractivity contribution in [2.75, 3.05) is 42.4 Å². The minimum Gasteiger partial charge on any atom is -0.378 e. The van der Waals surface area contributed by atoms with Crippen LogP contribution >= 0.6 is 11.8 Å². The molecule has 7 nitrogen and oxygen atoms in total. The molecule has 36 heavy (non-hydrogen) atoms. The summed E-state index contributed by atoms with van der Waals surface area (Å²) in [5.74, 6) is 3.65. The fourth-order valence-corrected chi connectivity index (χ4v) is 5.84. The monoisotopic (exact) mass is 498 g/mol. The molecule has 0 unspecified atom stereocenters. The molecule has 0 amide bonds. The van der Waals surface area contributed by atoms with Crippen LogP contribution < -0.4 is 10.3 Å². The van der Waals surface area contributed by atoms with E-state index in [4.69, 9.17) is 14.7 Å². The van der Waals surface area contributed by atoms with Crippen LogP contribution in [0.3, 0.4) is 0 Å². The van der Waals surface area contributed by atoms with Gasteiger partial charge in [0.15, 0.2) is 0 Å². The van der Waals surface area contributed by atoms with Crippen molar-refractivity contribution in [2.24, 2.45) is 5.10 Å². The second-order valence-corrected chi connectivity index (χ2v) is 10.4. The van der Waals surface area contributed by atoms with Gasteiger partial charge in [0, 0.05) is 53.6 Å². The van der Waals surface area contributed by atoms with Gasteiger partial charge in [0.25, 0.3) is 0 Å². The third-order valence-electron chi connectivity index (χ3n) is 6.77. The van der Waals surface area contributed by atoms with E-state index in [1.54, 1.807) is 0 Å². The van der Waals surface area contributed by atoms with Crippen LogP contribution in [0, 0.1) is 6.92 Å². The van der Waals surface area contributed by atoms with Crippen LogP contribution in [0.1, 0.15) is 27.9 Å². The van der Waals surface area contributed by atoms with Crippen molar-refractivity contribution in [1.82, 2.24) is 14.5 Å². The van der Waals surface area contributed by atoms with Gasteiger partial charge in [-0.1, -0.05) is 48.0 Å². The highest BCUT2D eigenvalue weighted by molar-refractivity contribution is 7.98. The van der Waals surface area contributed by atoms with Crippen LogP contribution in [0.15, 0.2) is 59.8 Å². The smallest absolute Gasteiger partial charge is 0.245 e. The molecule has 8 heteroatoms. The number of rotatable bonds is 6. The Morgan fingerprint density at radius 3 is 2.78 bits per heavy atom. The minimum absolute atomic E-state index is 0.557. The lowest BCUT2D eigenvalue weighted by Crippen LogP contribution is -2.38. The maximum Gasteiger partial charge on any atom is 0.245 e. The van der Waals surface area contributed by atoms with E-state index in [0.717, 1.165) is 67.8 Å². The number of nitrogens with zero attached hydrogens (tertiary/aromatic N) is 5. The van der Waals surface area contributed by atoms with Gasteiger partial charge in [0.1, 0.15) is 5.82 Å². The lowest BCUT2D eigenvalue weighted by atomic mass is 10.1. The summed E-state index contributed by atoms with van der Waals surface area (Å²) in [6, 6.07) is 17.2. The molecule has 4 heterocycles. The summed E-state index contributed by atoms with van der Waals surface area (Å²) in [7, 11) is 0. The highest BCUT2D eigenvalue weighted by Gasteiger charge is 2.23. The fourth-order valence-electron chi connectivity index (χ4n) is 4.86. The first-order valence-electron chi connectivity index (χ1n) is 12.5. The van der Waals surface area contributed by atoms with Crippen LogP contribution in [0.4, 0.5) is 11.8 Å². The molecule has 6 rings (SSSR count). The molecule has 0 bridgehead atoms. The lowest BCUT2D eigenvalue weighted by molar-refractivity contribution is 0.122. The zero-order valence-electron chi connectivity index (χ0n) is 20.5. The van der Waals surface area contributed by atoms with Gasteiger partial charge in [-0.05, 0) is 30.7 Å². The Morgan fingerprint density at radius 1 is 1.08 bits per heavy atom. The zero-order valence-corrected chi connectivity index (χ0v) is 21.3. The number of hydrogen-bond donors (Lipinski definition) is 1. The van der Waals surface area contributed by atoms with Gasteiger partial charge >= 0.3 is 0 Å². The highest BCUT2D eigenvalue weighted by atomic mass is 32.2. The Morgan fingerprint density at radius 2 is 1.92 bits per heavy atom. The molecule has 0 spiro atoms.